The van der Waals surface area contributed by atoms with Crippen LogP contribution < -0.4 is 5.32 Å². The third-order valence-corrected chi connectivity index (χ3v) is 2.24. The van der Waals surface area contributed by atoms with Gasteiger partial charge in [0.1, 0.15) is 0 Å². The van der Waals surface area contributed by atoms with Crippen molar-refractivity contribution in [2.45, 2.75) is 6.42 Å². The van der Waals surface area contributed by atoms with Gasteiger partial charge in [0.2, 0.25) is 5.91 Å². The molecule has 0 unspecified atom stereocenters. The molecule has 1 N–H and O–H groups in total. The van der Waals surface area contributed by atoms with Gasteiger partial charge in [0.15, 0.2) is 0 Å². The van der Waals surface area contributed by atoms with E-state index in [1.807, 2.05) is 6.07 Å². The van der Waals surface area contributed by atoms with Gasteiger partial charge in [-0.3, -0.25) is 14.7 Å². The van der Waals surface area contributed by atoms with E-state index in [9.17, 15) is 9.59 Å². The molecule has 0 radical (unpaired) electrons. The molecule has 5 heteroatoms. The molecule has 0 atom stereocenters. The molecule has 1 fully saturated rings. The van der Waals surface area contributed by atoms with Crippen molar-refractivity contribution in [2.75, 3.05) is 13.1 Å². The third-order valence-electron chi connectivity index (χ3n) is 2.24. The van der Waals surface area contributed by atoms with Crippen molar-refractivity contribution in [2.24, 2.45) is 0 Å². The Bertz CT molecular complexity index is 378. The first-order valence-corrected chi connectivity index (χ1v) is 4.74. The summed E-state index contributed by atoms with van der Waals surface area (Å²) in [7, 11) is 0. The van der Waals surface area contributed by atoms with E-state index in [1.54, 1.807) is 18.5 Å². The van der Waals surface area contributed by atoms with Gasteiger partial charge in [-0.25, -0.2) is 4.79 Å². The maximum absolute atomic E-state index is 11.7. The fraction of sp³-hybridized carbons (Fsp3) is 0.300. The lowest BCUT2D eigenvalue weighted by molar-refractivity contribution is -0.126. The summed E-state index contributed by atoms with van der Waals surface area (Å²) in [5, 5.41) is 2.59. The predicted molar refractivity (Wildman–Crippen MR) is 53.1 cm³/mol. The van der Waals surface area contributed by atoms with Gasteiger partial charge in [-0.2, -0.15) is 0 Å². The van der Waals surface area contributed by atoms with Crippen LogP contribution in [0, 0.1) is 0 Å². The Hall–Kier alpha value is -1.91. The quantitative estimate of drug-likeness (QED) is 0.749. The van der Waals surface area contributed by atoms with Crippen LogP contribution in [-0.2, 0) is 11.2 Å². The van der Waals surface area contributed by atoms with Gasteiger partial charge in [0.05, 0.1) is 6.42 Å². The molecule has 0 bridgehead atoms. The maximum Gasteiger partial charge on any atom is 0.324 e. The number of imide groups is 1. The SMILES string of the molecule is O=C(Cc1cccnc1)N1CCNC1=O. The molecule has 1 aromatic rings. The van der Waals surface area contributed by atoms with E-state index >= 15 is 0 Å². The van der Waals surface area contributed by atoms with Crippen LogP contribution in [0.25, 0.3) is 0 Å². The Balaban J connectivity index is 2.01. The number of urea groups is 1. The number of amides is 3. The number of pyridine rings is 1. The molecule has 0 aromatic carbocycles. The molecular formula is C10H11N3O2. The van der Waals surface area contributed by atoms with Gasteiger partial charge >= 0.3 is 6.03 Å². The van der Waals surface area contributed by atoms with Crippen molar-refractivity contribution >= 4 is 11.9 Å². The molecule has 1 aliphatic rings. The van der Waals surface area contributed by atoms with E-state index in [-0.39, 0.29) is 18.4 Å². The monoisotopic (exact) mass is 205 g/mol. The smallest absolute Gasteiger partial charge is 0.324 e. The minimum Gasteiger partial charge on any atom is -0.336 e. The largest absolute Gasteiger partial charge is 0.336 e. The van der Waals surface area contributed by atoms with Crippen LogP contribution >= 0.6 is 0 Å². The number of hydrogen-bond acceptors (Lipinski definition) is 3. The molecule has 1 aliphatic heterocycles. The summed E-state index contributed by atoms with van der Waals surface area (Å²) in [6.45, 7) is 0.996. The van der Waals surface area contributed by atoms with Crippen molar-refractivity contribution in [1.82, 2.24) is 15.2 Å². The molecule has 3 amide bonds. The summed E-state index contributed by atoms with van der Waals surface area (Å²) >= 11 is 0. The first-order chi connectivity index (χ1) is 7.27. The van der Waals surface area contributed by atoms with E-state index in [1.165, 1.54) is 4.90 Å². The number of nitrogens with zero attached hydrogens (tertiary/aromatic N) is 2. The van der Waals surface area contributed by atoms with Gasteiger partial charge in [-0.15, -0.1) is 0 Å². The van der Waals surface area contributed by atoms with E-state index < -0.39 is 0 Å². The number of aromatic nitrogens is 1. The summed E-state index contributed by atoms with van der Waals surface area (Å²) < 4.78 is 0. The van der Waals surface area contributed by atoms with Crippen LogP contribution in [0.5, 0.6) is 0 Å². The van der Waals surface area contributed by atoms with Gasteiger partial charge in [-0.05, 0) is 11.6 Å². The molecule has 15 heavy (non-hydrogen) atoms. The van der Waals surface area contributed by atoms with Gasteiger partial charge < -0.3 is 5.32 Å². The standard InChI is InChI=1S/C10H11N3O2/c14-9(13-5-4-12-10(13)15)6-8-2-1-3-11-7-8/h1-3,7H,4-6H2,(H,12,15). The average molecular weight is 205 g/mol. The van der Waals surface area contributed by atoms with Crippen LogP contribution in [-0.4, -0.2) is 34.9 Å². The highest BCUT2D eigenvalue weighted by Crippen LogP contribution is 2.04. The normalized spacial score (nSPS) is 15.2. The molecule has 0 spiro atoms. The molecule has 2 heterocycles. The number of rotatable bonds is 2. The Morgan fingerprint density at radius 3 is 3.07 bits per heavy atom. The Morgan fingerprint density at radius 2 is 2.47 bits per heavy atom. The molecule has 2 rings (SSSR count). The zero-order valence-corrected chi connectivity index (χ0v) is 8.14. The number of hydrogen-bond donors (Lipinski definition) is 1. The summed E-state index contributed by atoms with van der Waals surface area (Å²) in [5.41, 5.74) is 0.821. The molecule has 1 saturated heterocycles. The summed E-state index contributed by atoms with van der Waals surface area (Å²) in [5.74, 6) is -0.182. The van der Waals surface area contributed by atoms with Crippen molar-refractivity contribution in [3.05, 3.63) is 30.1 Å². The average Bonchev–Trinajstić information content (AvgIpc) is 2.66. The highest BCUT2D eigenvalue weighted by Gasteiger charge is 2.25. The van der Waals surface area contributed by atoms with Crippen molar-refractivity contribution in [3.63, 3.8) is 0 Å². The fourth-order valence-corrected chi connectivity index (χ4v) is 1.48. The van der Waals surface area contributed by atoms with Crippen molar-refractivity contribution < 1.29 is 9.59 Å². The van der Waals surface area contributed by atoms with Crippen LogP contribution in [0.3, 0.4) is 0 Å². The van der Waals surface area contributed by atoms with Crippen LogP contribution in [0.15, 0.2) is 24.5 Å². The van der Waals surface area contributed by atoms with E-state index in [2.05, 4.69) is 10.3 Å². The van der Waals surface area contributed by atoms with Crippen LogP contribution in [0.2, 0.25) is 0 Å². The number of carbonyl (C=O) groups is 2. The minimum absolute atomic E-state index is 0.182. The fourth-order valence-electron chi connectivity index (χ4n) is 1.48. The van der Waals surface area contributed by atoms with E-state index in [0.717, 1.165) is 5.56 Å². The Kier molecular flexibility index (Phi) is 2.62. The second-order valence-corrected chi connectivity index (χ2v) is 3.32. The second kappa shape index (κ2) is 4.08. The Labute approximate surface area is 87.1 Å². The highest BCUT2D eigenvalue weighted by molar-refractivity contribution is 5.96. The van der Waals surface area contributed by atoms with Gasteiger partial charge in [0, 0.05) is 25.5 Å². The molecule has 5 nitrogen and oxygen atoms in total. The lowest BCUT2D eigenvalue weighted by Crippen LogP contribution is -2.35. The number of carbonyl (C=O) groups excluding carboxylic acids is 2. The molecule has 0 aliphatic carbocycles. The first kappa shape index (κ1) is 9.64. The number of nitrogens with one attached hydrogen (secondary N) is 1. The van der Waals surface area contributed by atoms with Crippen LogP contribution in [0.1, 0.15) is 5.56 Å². The topological polar surface area (TPSA) is 62.3 Å². The van der Waals surface area contributed by atoms with Crippen LogP contribution in [0.4, 0.5) is 4.79 Å². The van der Waals surface area contributed by atoms with Crippen molar-refractivity contribution in [1.29, 1.82) is 0 Å². The molecular weight excluding hydrogens is 194 g/mol. The first-order valence-electron chi connectivity index (χ1n) is 4.74. The van der Waals surface area contributed by atoms with E-state index in [0.29, 0.717) is 13.1 Å². The summed E-state index contributed by atoms with van der Waals surface area (Å²) in [6.07, 6.45) is 3.50. The summed E-state index contributed by atoms with van der Waals surface area (Å²) in [4.78, 5) is 28.0. The predicted octanol–water partition coefficient (Wildman–Crippen LogP) is 0.176. The summed E-state index contributed by atoms with van der Waals surface area (Å²) in [6, 6.07) is 3.29. The van der Waals surface area contributed by atoms with Gasteiger partial charge in [-0.1, -0.05) is 6.07 Å². The second-order valence-electron chi connectivity index (χ2n) is 3.32. The van der Waals surface area contributed by atoms with Crippen molar-refractivity contribution in [3.8, 4) is 0 Å². The van der Waals surface area contributed by atoms with E-state index in [4.69, 9.17) is 0 Å². The third kappa shape index (κ3) is 2.12. The zero-order valence-electron chi connectivity index (χ0n) is 8.14. The molecule has 0 saturated carbocycles. The molecule has 1 aromatic heterocycles. The molecule has 78 valence electrons. The Morgan fingerprint density at radius 1 is 1.60 bits per heavy atom. The minimum atomic E-state index is -0.302. The van der Waals surface area contributed by atoms with Gasteiger partial charge in [0.25, 0.3) is 0 Å². The highest BCUT2D eigenvalue weighted by atomic mass is 16.2. The maximum atomic E-state index is 11.7. The lowest BCUT2D eigenvalue weighted by Gasteiger charge is -2.11. The lowest BCUT2D eigenvalue weighted by atomic mass is 10.2. The zero-order chi connectivity index (χ0) is 10.7.